The Balaban J connectivity index is 1.39. The summed E-state index contributed by atoms with van der Waals surface area (Å²) in [4.78, 5) is 29.8. The maximum Gasteiger partial charge on any atom is 0.255 e. The Labute approximate surface area is 172 Å². The number of rotatable bonds is 4. The van der Waals surface area contributed by atoms with Gasteiger partial charge in [-0.15, -0.1) is 0 Å². The quantitative estimate of drug-likeness (QED) is 0.866. The Morgan fingerprint density at radius 2 is 1.48 bits per heavy atom. The summed E-state index contributed by atoms with van der Waals surface area (Å²) in [6.45, 7) is 5.36. The average Bonchev–Trinajstić information content (AvgIpc) is 3.29. The van der Waals surface area contributed by atoms with Gasteiger partial charge in [0.05, 0.1) is 5.56 Å². The minimum Gasteiger partial charge on any atom is -0.371 e. The molecule has 0 radical (unpaired) electrons. The van der Waals surface area contributed by atoms with Crippen molar-refractivity contribution in [2.45, 2.75) is 38.6 Å². The molecule has 2 saturated heterocycles. The van der Waals surface area contributed by atoms with Crippen molar-refractivity contribution >= 4 is 17.5 Å². The maximum absolute atomic E-state index is 13.0. The van der Waals surface area contributed by atoms with Gasteiger partial charge in [0, 0.05) is 43.5 Å². The minimum atomic E-state index is 0.00570. The molecule has 29 heavy (non-hydrogen) atoms. The van der Waals surface area contributed by atoms with Gasteiger partial charge in [0.25, 0.3) is 11.8 Å². The van der Waals surface area contributed by atoms with E-state index < -0.39 is 0 Å². The predicted molar refractivity (Wildman–Crippen MR) is 115 cm³/mol. The predicted octanol–water partition coefficient (Wildman–Crippen LogP) is 3.63. The van der Waals surface area contributed by atoms with Crippen LogP contribution in [0, 0.1) is 6.92 Å². The Hall–Kier alpha value is -2.82. The molecule has 4 rings (SSSR count). The minimum absolute atomic E-state index is 0.00570. The Bertz CT molecular complexity index is 881. The van der Waals surface area contributed by atoms with Gasteiger partial charge in [-0.05, 0) is 56.4 Å². The molecule has 2 aliphatic rings. The second-order valence-corrected chi connectivity index (χ2v) is 8.07. The molecular weight excluding hydrogens is 362 g/mol. The highest BCUT2D eigenvalue weighted by molar-refractivity contribution is 6.00. The molecule has 152 valence electrons. The van der Waals surface area contributed by atoms with E-state index in [1.165, 1.54) is 0 Å². The number of anilines is 1. The normalized spacial score (nSPS) is 17.4. The summed E-state index contributed by atoms with van der Waals surface area (Å²) in [6, 6.07) is 15.8. The van der Waals surface area contributed by atoms with Crippen LogP contribution >= 0.6 is 0 Å². The first-order chi connectivity index (χ1) is 14.1. The van der Waals surface area contributed by atoms with E-state index in [1.54, 1.807) is 0 Å². The van der Waals surface area contributed by atoms with Crippen LogP contribution in [0.5, 0.6) is 0 Å². The van der Waals surface area contributed by atoms with Crippen molar-refractivity contribution in [1.82, 2.24) is 10.2 Å². The lowest BCUT2D eigenvalue weighted by atomic mass is 10.0. The molecule has 0 spiro atoms. The van der Waals surface area contributed by atoms with Crippen LogP contribution < -0.4 is 10.2 Å². The smallest absolute Gasteiger partial charge is 0.255 e. The Morgan fingerprint density at radius 1 is 0.862 bits per heavy atom. The van der Waals surface area contributed by atoms with E-state index in [0.717, 1.165) is 74.2 Å². The molecule has 0 atom stereocenters. The molecule has 5 heteroatoms. The Morgan fingerprint density at radius 3 is 2.17 bits per heavy atom. The number of hydrogen-bond acceptors (Lipinski definition) is 3. The van der Waals surface area contributed by atoms with Crippen molar-refractivity contribution in [2.24, 2.45) is 0 Å². The molecule has 0 bridgehead atoms. The SMILES string of the molecule is Cc1ccccc1C(=O)NC1CCN(c2ccccc2C(=O)N2CCCC2)CC1. The number of likely N-dealkylation sites (tertiary alicyclic amines) is 1. The van der Waals surface area contributed by atoms with E-state index in [4.69, 9.17) is 0 Å². The fourth-order valence-corrected chi connectivity index (χ4v) is 4.38. The third-order valence-corrected chi connectivity index (χ3v) is 6.09. The molecule has 2 aliphatic heterocycles. The molecule has 2 aromatic carbocycles. The van der Waals surface area contributed by atoms with E-state index >= 15 is 0 Å². The summed E-state index contributed by atoms with van der Waals surface area (Å²) in [5.41, 5.74) is 3.57. The summed E-state index contributed by atoms with van der Waals surface area (Å²) in [6.07, 6.45) is 3.95. The zero-order valence-corrected chi connectivity index (χ0v) is 17.1. The number of aryl methyl sites for hydroxylation is 1. The van der Waals surface area contributed by atoms with Crippen LogP contribution in [0.4, 0.5) is 5.69 Å². The number of carbonyl (C=O) groups excluding carboxylic acids is 2. The zero-order valence-electron chi connectivity index (χ0n) is 17.1. The molecule has 0 aromatic heterocycles. The molecule has 2 heterocycles. The highest BCUT2D eigenvalue weighted by Gasteiger charge is 2.26. The van der Waals surface area contributed by atoms with Crippen molar-refractivity contribution in [3.05, 3.63) is 65.2 Å². The summed E-state index contributed by atoms with van der Waals surface area (Å²) in [7, 11) is 0. The molecule has 1 N–H and O–H groups in total. The van der Waals surface area contributed by atoms with Crippen LogP contribution in [0.1, 0.15) is 52.0 Å². The lowest BCUT2D eigenvalue weighted by Gasteiger charge is -2.35. The number of hydrogen-bond donors (Lipinski definition) is 1. The van der Waals surface area contributed by atoms with Gasteiger partial charge < -0.3 is 15.1 Å². The number of nitrogens with zero attached hydrogens (tertiary/aromatic N) is 2. The van der Waals surface area contributed by atoms with E-state index in [1.807, 2.05) is 54.3 Å². The Kier molecular flexibility index (Phi) is 5.84. The highest BCUT2D eigenvalue weighted by Crippen LogP contribution is 2.26. The van der Waals surface area contributed by atoms with Gasteiger partial charge in [-0.3, -0.25) is 9.59 Å². The lowest BCUT2D eigenvalue weighted by Crippen LogP contribution is -2.45. The molecule has 0 saturated carbocycles. The first-order valence-electron chi connectivity index (χ1n) is 10.6. The molecule has 0 unspecified atom stereocenters. The first kappa shape index (κ1) is 19.5. The monoisotopic (exact) mass is 391 g/mol. The number of piperidine rings is 1. The summed E-state index contributed by atoms with van der Waals surface area (Å²) < 4.78 is 0. The largest absolute Gasteiger partial charge is 0.371 e. The number of para-hydroxylation sites is 1. The first-order valence-corrected chi connectivity index (χ1v) is 10.6. The van der Waals surface area contributed by atoms with Crippen molar-refractivity contribution < 1.29 is 9.59 Å². The number of benzene rings is 2. The third kappa shape index (κ3) is 4.29. The van der Waals surface area contributed by atoms with Crippen molar-refractivity contribution in [3.8, 4) is 0 Å². The van der Waals surface area contributed by atoms with Gasteiger partial charge in [0.15, 0.2) is 0 Å². The van der Waals surface area contributed by atoms with Crippen LogP contribution in [0.25, 0.3) is 0 Å². The number of carbonyl (C=O) groups is 2. The van der Waals surface area contributed by atoms with Crippen molar-refractivity contribution in [1.29, 1.82) is 0 Å². The fraction of sp³-hybridized carbons (Fsp3) is 0.417. The van der Waals surface area contributed by atoms with Crippen LogP contribution in [0.15, 0.2) is 48.5 Å². The lowest BCUT2D eigenvalue weighted by molar-refractivity contribution is 0.0793. The molecule has 2 aromatic rings. The zero-order chi connectivity index (χ0) is 20.2. The van der Waals surface area contributed by atoms with E-state index in [9.17, 15) is 9.59 Å². The second-order valence-electron chi connectivity index (χ2n) is 8.07. The fourth-order valence-electron chi connectivity index (χ4n) is 4.38. The van der Waals surface area contributed by atoms with E-state index in [0.29, 0.717) is 0 Å². The highest BCUT2D eigenvalue weighted by atomic mass is 16.2. The van der Waals surface area contributed by atoms with Crippen molar-refractivity contribution in [2.75, 3.05) is 31.1 Å². The van der Waals surface area contributed by atoms with Gasteiger partial charge in [0.1, 0.15) is 0 Å². The molecule has 2 amide bonds. The second kappa shape index (κ2) is 8.68. The summed E-state index contributed by atoms with van der Waals surface area (Å²) in [5.74, 6) is 0.152. The number of amides is 2. The standard InChI is InChI=1S/C24H29N3O2/c1-18-8-2-3-9-20(18)23(28)25-19-12-16-26(17-13-19)22-11-5-4-10-21(22)24(29)27-14-6-7-15-27/h2-5,8-11,19H,6-7,12-17H2,1H3,(H,25,28). The van der Waals surface area contributed by atoms with Crippen LogP contribution in [0.3, 0.4) is 0 Å². The van der Waals surface area contributed by atoms with E-state index in [2.05, 4.69) is 16.3 Å². The van der Waals surface area contributed by atoms with Gasteiger partial charge in [-0.25, -0.2) is 0 Å². The molecule has 5 nitrogen and oxygen atoms in total. The van der Waals surface area contributed by atoms with Crippen LogP contribution in [-0.4, -0.2) is 48.9 Å². The van der Waals surface area contributed by atoms with Gasteiger partial charge in [0.2, 0.25) is 0 Å². The average molecular weight is 392 g/mol. The summed E-state index contributed by atoms with van der Waals surface area (Å²) in [5, 5.41) is 3.19. The van der Waals surface area contributed by atoms with Crippen LogP contribution in [0.2, 0.25) is 0 Å². The summed E-state index contributed by atoms with van der Waals surface area (Å²) >= 11 is 0. The number of nitrogens with one attached hydrogen (secondary N) is 1. The third-order valence-electron chi connectivity index (χ3n) is 6.09. The molecular formula is C24H29N3O2. The van der Waals surface area contributed by atoms with Crippen molar-refractivity contribution in [3.63, 3.8) is 0 Å². The topological polar surface area (TPSA) is 52.7 Å². The molecule has 2 fully saturated rings. The van der Waals surface area contributed by atoms with Gasteiger partial charge in [-0.2, -0.15) is 0 Å². The van der Waals surface area contributed by atoms with Gasteiger partial charge >= 0.3 is 0 Å². The molecule has 0 aliphatic carbocycles. The van der Waals surface area contributed by atoms with E-state index in [-0.39, 0.29) is 17.9 Å². The van der Waals surface area contributed by atoms with Gasteiger partial charge in [-0.1, -0.05) is 30.3 Å². The van der Waals surface area contributed by atoms with Crippen LogP contribution in [-0.2, 0) is 0 Å². The maximum atomic E-state index is 13.0.